The van der Waals surface area contributed by atoms with E-state index in [4.69, 9.17) is 0 Å². The van der Waals surface area contributed by atoms with E-state index in [9.17, 15) is 4.79 Å². The van der Waals surface area contributed by atoms with Crippen molar-refractivity contribution in [2.45, 2.75) is 19.3 Å². The van der Waals surface area contributed by atoms with E-state index in [0.29, 0.717) is 5.78 Å². The van der Waals surface area contributed by atoms with Gasteiger partial charge in [-0.3, -0.25) is 4.79 Å². The van der Waals surface area contributed by atoms with Gasteiger partial charge >= 0.3 is 0 Å². The van der Waals surface area contributed by atoms with Gasteiger partial charge in [-0.1, -0.05) is 6.42 Å². The Bertz CT molecular complexity index is 194. The molecule has 0 spiro atoms. The normalized spacial score (nSPS) is 27.7. The summed E-state index contributed by atoms with van der Waals surface area (Å²) in [7, 11) is 8.18. The van der Waals surface area contributed by atoms with Crippen LogP contribution in [0.1, 0.15) is 19.3 Å². The van der Waals surface area contributed by atoms with Crippen molar-refractivity contribution in [3.8, 4) is 0 Å². The van der Waals surface area contributed by atoms with E-state index < -0.39 is 0 Å². The summed E-state index contributed by atoms with van der Waals surface area (Å²) in [5.41, 5.74) is 0. The first kappa shape index (κ1) is 12.7. The highest BCUT2D eigenvalue weighted by Gasteiger charge is 2.31. The Morgan fingerprint density at radius 3 is 1.73 bits per heavy atom. The van der Waals surface area contributed by atoms with Crippen molar-refractivity contribution in [1.29, 1.82) is 0 Å². The molecular weight excluding hydrogens is 188 g/mol. The summed E-state index contributed by atoms with van der Waals surface area (Å²) < 4.78 is 0. The van der Waals surface area contributed by atoms with Crippen molar-refractivity contribution in [3.05, 3.63) is 0 Å². The van der Waals surface area contributed by atoms with Crippen LogP contribution in [0, 0.1) is 11.8 Å². The first-order valence-corrected chi connectivity index (χ1v) is 5.84. The highest BCUT2D eigenvalue weighted by Crippen LogP contribution is 2.26. The SMILES string of the molecule is CN(C)C[C@@H]1CCC[C@@H](CN(C)C)C1=O. The molecule has 0 saturated heterocycles. The number of carbonyl (C=O) groups excluding carboxylic acids is 1. The molecule has 0 aromatic rings. The fraction of sp³-hybridized carbons (Fsp3) is 0.917. The molecule has 88 valence electrons. The molecule has 0 unspecified atom stereocenters. The van der Waals surface area contributed by atoms with E-state index in [2.05, 4.69) is 9.80 Å². The number of Topliss-reactive ketones (excluding diaryl/α,β-unsaturated/α-hetero) is 1. The zero-order chi connectivity index (χ0) is 11.4. The van der Waals surface area contributed by atoms with Crippen molar-refractivity contribution < 1.29 is 4.79 Å². The van der Waals surface area contributed by atoms with Gasteiger partial charge in [0.25, 0.3) is 0 Å². The zero-order valence-corrected chi connectivity index (χ0v) is 10.5. The minimum absolute atomic E-state index is 0.277. The molecule has 0 heterocycles. The number of ketones is 1. The second kappa shape index (κ2) is 5.61. The van der Waals surface area contributed by atoms with Gasteiger partial charge in [0.2, 0.25) is 0 Å². The summed E-state index contributed by atoms with van der Waals surface area (Å²) >= 11 is 0. The van der Waals surface area contributed by atoms with Gasteiger partial charge in [0.1, 0.15) is 5.78 Å². The zero-order valence-electron chi connectivity index (χ0n) is 10.5. The van der Waals surface area contributed by atoms with Crippen LogP contribution in [0.25, 0.3) is 0 Å². The number of rotatable bonds is 4. The Kier molecular flexibility index (Phi) is 4.74. The maximum Gasteiger partial charge on any atom is 0.141 e. The average molecular weight is 212 g/mol. The molecule has 0 radical (unpaired) electrons. The molecule has 0 aromatic carbocycles. The highest BCUT2D eigenvalue weighted by molar-refractivity contribution is 5.84. The lowest BCUT2D eigenvalue weighted by atomic mass is 9.79. The third-order valence-corrected chi connectivity index (χ3v) is 3.08. The Labute approximate surface area is 93.4 Å². The maximum absolute atomic E-state index is 12.1. The minimum atomic E-state index is 0.277. The predicted octanol–water partition coefficient (Wildman–Crippen LogP) is 1.09. The number of carbonyl (C=O) groups is 1. The second-order valence-corrected chi connectivity index (χ2v) is 5.25. The van der Waals surface area contributed by atoms with Gasteiger partial charge in [-0.15, -0.1) is 0 Å². The summed E-state index contributed by atoms with van der Waals surface area (Å²) in [6.45, 7) is 1.84. The lowest BCUT2D eigenvalue weighted by Crippen LogP contribution is -2.39. The molecule has 1 fully saturated rings. The highest BCUT2D eigenvalue weighted by atomic mass is 16.1. The van der Waals surface area contributed by atoms with E-state index in [1.165, 1.54) is 6.42 Å². The standard InChI is InChI=1S/C12H24N2O/c1-13(2)8-10-6-5-7-11(12(10)15)9-14(3)4/h10-11H,5-9H2,1-4H3/t10-,11-/m0/s1. The first-order valence-electron chi connectivity index (χ1n) is 5.84. The molecule has 0 aromatic heterocycles. The van der Waals surface area contributed by atoms with E-state index in [-0.39, 0.29) is 11.8 Å². The van der Waals surface area contributed by atoms with Crippen LogP contribution >= 0.6 is 0 Å². The van der Waals surface area contributed by atoms with E-state index >= 15 is 0 Å². The Morgan fingerprint density at radius 1 is 1.00 bits per heavy atom. The summed E-state index contributed by atoms with van der Waals surface area (Å²) in [6, 6.07) is 0. The number of nitrogens with zero attached hydrogens (tertiary/aromatic N) is 2. The molecular formula is C12H24N2O. The third-order valence-electron chi connectivity index (χ3n) is 3.08. The Balaban J connectivity index is 2.51. The van der Waals surface area contributed by atoms with Crippen LogP contribution in [0.15, 0.2) is 0 Å². The summed E-state index contributed by atoms with van der Waals surface area (Å²) in [5, 5.41) is 0. The van der Waals surface area contributed by atoms with E-state index in [1.54, 1.807) is 0 Å². The molecule has 0 amide bonds. The van der Waals surface area contributed by atoms with Crippen LogP contribution in [-0.4, -0.2) is 56.9 Å². The molecule has 3 heteroatoms. The monoisotopic (exact) mass is 212 g/mol. The van der Waals surface area contributed by atoms with Crippen molar-refractivity contribution in [1.82, 2.24) is 9.80 Å². The lowest BCUT2D eigenvalue weighted by molar-refractivity contribution is -0.130. The van der Waals surface area contributed by atoms with Crippen LogP contribution < -0.4 is 0 Å². The Morgan fingerprint density at radius 2 is 1.40 bits per heavy atom. The molecule has 3 nitrogen and oxygen atoms in total. The van der Waals surface area contributed by atoms with Crippen molar-refractivity contribution in [2.24, 2.45) is 11.8 Å². The minimum Gasteiger partial charge on any atom is -0.309 e. The average Bonchev–Trinajstić information content (AvgIpc) is 2.10. The molecule has 0 bridgehead atoms. The molecule has 0 N–H and O–H groups in total. The molecule has 1 aliphatic rings. The molecule has 1 rings (SSSR count). The van der Waals surface area contributed by atoms with Gasteiger partial charge < -0.3 is 9.80 Å². The summed E-state index contributed by atoms with van der Waals surface area (Å²) in [5.74, 6) is 1.04. The van der Waals surface area contributed by atoms with Gasteiger partial charge in [0.15, 0.2) is 0 Å². The van der Waals surface area contributed by atoms with Gasteiger partial charge in [-0.25, -0.2) is 0 Å². The summed E-state index contributed by atoms with van der Waals surface area (Å²) in [6.07, 6.45) is 3.38. The van der Waals surface area contributed by atoms with Crippen LogP contribution in [0.3, 0.4) is 0 Å². The van der Waals surface area contributed by atoms with Gasteiger partial charge in [0, 0.05) is 24.9 Å². The van der Waals surface area contributed by atoms with Crippen LogP contribution in [-0.2, 0) is 4.79 Å². The first-order chi connectivity index (χ1) is 7.00. The van der Waals surface area contributed by atoms with Crippen molar-refractivity contribution in [2.75, 3.05) is 41.3 Å². The number of hydrogen-bond donors (Lipinski definition) is 0. The summed E-state index contributed by atoms with van der Waals surface area (Å²) in [4.78, 5) is 16.4. The maximum atomic E-state index is 12.1. The molecule has 1 aliphatic carbocycles. The fourth-order valence-corrected chi connectivity index (χ4v) is 2.47. The van der Waals surface area contributed by atoms with Crippen LogP contribution in [0.5, 0.6) is 0 Å². The largest absolute Gasteiger partial charge is 0.309 e. The smallest absolute Gasteiger partial charge is 0.141 e. The molecule has 15 heavy (non-hydrogen) atoms. The molecule has 1 saturated carbocycles. The lowest BCUT2D eigenvalue weighted by Gasteiger charge is -2.31. The fourth-order valence-electron chi connectivity index (χ4n) is 2.47. The van der Waals surface area contributed by atoms with E-state index in [1.807, 2.05) is 28.2 Å². The topological polar surface area (TPSA) is 23.6 Å². The van der Waals surface area contributed by atoms with Gasteiger partial charge in [-0.05, 0) is 41.0 Å². The molecule has 0 aliphatic heterocycles. The van der Waals surface area contributed by atoms with Crippen molar-refractivity contribution >= 4 is 5.78 Å². The Hall–Kier alpha value is -0.410. The predicted molar refractivity (Wildman–Crippen MR) is 62.9 cm³/mol. The second-order valence-electron chi connectivity index (χ2n) is 5.25. The third kappa shape index (κ3) is 3.92. The van der Waals surface area contributed by atoms with Crippen molar-refractivity contribution in [3.63, 3.8) is 0 Å². The van der Waals surface area contributed by atoms with E-state index in [0.717, 1.165) is 25.9 Å². The van der Waals surface area contributed by atoms with Crippen LogP contribution in [0.4, 0.5) is 0 Å². The quantitative estimate of drug-likeness (QED) is 0.697. The molecule has 2 atom stereocenters. The van der Waals surface area contributed by atoms with Gasteiger partial charge in [0.05, 0.1) is 0 Å². The number of hydrogen-bond acceptors (Lipinski definition) is 3. The van der Waals surface area contributed by atoms with Gasteiger partial charge in [-0.2, -0.15) is 0 Å². The van der Waals surface area contributed by atoms with Crippen LogP contribution in [0.2, 0.25) is 0 Å².